The zero-order valence-electron chi connectivity index (χ0n) is 11.0. The van der Waals surface area contributed by atoms with Gasteiger partial charge in [-0.25, -0.2) is 4.79 Å². The lowest BCUT2D eigenvalue weighted by Gasteiger charge is -2.10. The SMILES string of the molecule is O=C(O)/C=C/c1ccc(Cl)cc1Oc1ccc(CO)cc1. The zero-order chi connectivity index (χ0) is 15.2. The molecule has 0 saturated heterocycles. The Labute approximate surface area is 126 Å². The van der Waals surface area contributed by atoms with E-state index in [9.17, 15) is 4.79 Å². The second kappa shape index (κ2) is 6.92. The van der Waals surface area contributed by atoms with Gasteiger partial charge in [0, 0.05) is 22.7 Å². The van der Waals surface area contributed by atoms with Crippen LogP contribution in [0.1, 0.15) is 11.1 Å². The molecule has 0 aromatic heterocycles. The molecule has 0 amide bonds. The molecule has 2 aromatic rings. The minimum atomic E-state index is -1.04. The Morgan fingerprint density at radius 1 is 1.19 bits per heavy atom. The minimum absolute atomic E-state index is 0.0377. The molecule has 0 atom stereocenters. The van der Waals surface area contributed by atoms with E-state index in [1.54, 1.807) is 42.5 Å². The Morgan fingerprint density at radius 3 is 2.52 bits per heavy atom. The quantitative estimate of drug-likeness (QED) is 0.826. The summed E-state index contributed by atoms with van der Waals surface area (Å²) in [5.74, 6) is -0.0145. The number of aliphatic carboxylic acids is 1. The van der Waals surface area contributed by atoms with E-state index >= 15 is 0 Å². The molecule has 0 aliphatic carbocycles. The van der Waals surface area contributed by atoms with Gasteiger partial charge < -0.3 is 14.9 Å². The van der Waals surface area contributed by atoms with Gasteiger partial charge in [-0.15, -0.1) is 0 Å². The summed E-state index contributed by atoms with van der Waals surface area (Å²) in [5.41, 5.74) is 1.38. The van der Waals surface area contributed by atoms with Gasteiger partial charge in [0.1, 0.15) is 11.5 Å². The maximum absolute atomic E-state index is 10.6. The van der Waals surface area contributed by atoms with Gasteiger partial charge in [-0.05, 0) is 35.9 Å². The van der Waals surface area contributed by atoms with Crippen molar-refractivity contribution in [3.05, 3.63) is 64.7 Å². The summed E-state index contributed by atoms with van der Waals surface area (Å²) in [5, 5.41) is 18.2. The topological polar surface area (TPSA) is 66.8 Å². The summed E-state index contributed by atoms with van der Waals surface area (Å²) in [7, 11) is 0. The summed E-state index contributed by atoms with van der Waals surface area (Å²) >= 11 is 5.94. The molecule has 21 heavy (non-hydrogen) atoms. The van der Waals surface area contributed by atoms with Gasteiger partial charge in [-0.2, -0.15) is 0 Å². The fraction of sp³-hybridized carbons (Fsp3) is 0.0625. The summed E-state index contributed by atoms with van der Waals surface area (Å²) in [6.07, 6.45) is 2.47. The van der Waals surface area contributed by atoms with Crippen molar-refractivity contribution in [1.82, 2.24) is 0 Å². The molecule has 0 fully saturated rings. The molecule has 0 saturated carbocycles. The van der Waals surface area contributed by atoms with Crippen LogP contribution in [0.25, 0.3) is 6.08 Å². The van der Waals surface area contributed by atoms with Crippen LogP contribution in [-0.2, 0) is 11.4 Å². The number of aliphatic hydroxyl groups excluding tert-OH is 1. The van der Waals surface area contributed by atoms with E-state index in [0.29, 0.717) is 22.1 Å². The first kappa shape index (κ1) is 15.1. The Morgan fingerprint density at radius 2 is 1.90 bits per heavy atom. The highest BCUT2D eigenvalue weighted by Crippen LogP contribution is 2.29. The third-order valence-corrected chi connectivity index (χ3v) is 2.95. The van der Waals surface area contributed by atoms with Crippen molar-refractivity contribution < 1.29 is 19.7 Å². The van der Waals surface area contributed by atoms with Crippen LogP contribution in [0, 0.1) is 0 Å². The lowest BCUT2D eigenvalue weighted by molar-refractivity contribution is -0.131. The summed E-state index contributed by atoms with van der Waals surface area (Å²) in [6, 6.07) is 11.9. The maximum atomic E-state index is 10.6. The minimum Gasteiger partial charge on any atom is -0.478 e. The third-order valence-electron chi connectivity index (χ3n) is 2.71. The van der Waals surface area contributed by atoms with Gasteiger partial charge in [-0.1, -0.05) is 23.7 Å². The molecular weight excluding hydrogens is 292 g/mol. The van der Waals surface area contributed by atoms with Crippen molar-refractivity contribution in [1.29, 1.82) is 0 Å². The molecule has 4 nitrogen and oxygen atoms in total. The fourth-order valence-electron chi connectivity index (χ4n) is 1.69. The van der Waals surface area contributed by atoms with Gasteiger partial charge in [-0.3, -0.25) is 0 Å². The Bertz CT molecular complexity index is 662. The van der Waals surface area contributed by atoms with E-state index in [1.165, 1.54) is 6.08 Å². The molecule has 0 heterocycles. The van der Waals surface area contributed by atoms with Gasteiger partial charge in [0.2, 0.25) is 0 Å². The number of hydrogen-bond donors (Lipinski definition) is 2. The number of hydrogen-bond acceptors (Lipinski definition) is 3. The van der Waals surface area contributed by atoms with Crippen LogP contribution in [0.3, 0.4) is 0 Å². The highest BCUT2D eigenvalue weighted by Gasteiger charge is 2.05. The maximum Gasteiger partial charge on any atom is 0.328 e. The first-order valence-electron chi connectivity index (χ1n) is 6.16. The van der Waals surface area contributed by atoms with Gasteiger partial charge in [0.15, 0.2) is 0 Å². The monoisotopic (exact) mass is 304 g/mol. The molecule has 0 aliphatic rings. The number of ether oxygens (including phenoxy) is 1. The van der Waals surface area contributed by atoms with E-state index in [-0.39, 0.29) is 6.61 Å². The molecule has 2 N–H and O–H groups in total. The standard InChI is InChI=1S/C16H13ClO4/c17-13-5-3-12(4-8-16(19)20)15(9-13)21-14-6-1-11(10-18)2-7-14/h1-9,18H,10H2,(H,19,20)/b8-4+. The zero-order valence-corrected chi connectivity index (χ0v) is 11.7. The van der Waals surface area contributed by atoms with Crippen molar-refractivity contribution in [2.45, 2.75) is 6.61 Å². The van der Waals surface area contributed by atoms with Crippen LogP contribution in [0.15, 0.2) is 48.5 Å². The molecule has 0 bridgehead atoms. The van der Waals surface area contributed by atoms with E-state index in [2.05, 4.69) is 0 Å². The summed E-state index contributed by atoms with van der Waals surface area (Å²) in [6.45, 7) is -0.0377. The first-order valence-corrected chi connectivity index (χ1v) is 6.54. The van der Waals surface area contributed by atoms with Crippen LogP contribution in [0.5, 0.6) is 11.5 Å². The fourth-order valence-corrected chi connectivity index (χ4v) is 1.85. The predicted octanol–water partition coefficient (Wildman–Crippen LogP) is 3.72. The molecule has 0 radical (unpaired) electrons. The predicted molar refractivity (Wildman–Crippen MR) is 80.6 cm³/mol. The number of carbonyl (C=O) groups is 1. The Kier molecular flexibility index (Phi) is 4.98. The second-order valence-corrected chi connectivity index (χ2v) is 4.69. The number of carboxylic acid groups (broad SMARTS) is 1. The molecule has 0 aliphatic heterocycles. The van der Waals surface area contributed by atoms with Crippen molar-refractivity contribution in [2.75, 3.05) is 0 Å². The summed E-state index contributed by atoms with van der Waals surface area (Å²) in [4.78, 5) is 10.6. The van der Waals surface area contributed by atoms with Crippen LogP contribution >= 0.6 is 11.6 Å². The largest absolute Gasteiger partial charge is 0.478 e. The van der Waals surface area contributed by atoms with Crippen LogP contribution in [-0.4, -0.2) is 16.2 Å². The summed E-state index contributed by atoms with van der Waals surface area (Å²) < 4.78 is 5.71. The number of benzene rings is 2. The number of aliphatic hydroxyl groups is 1. The highest BCUT2D eigenvalue weighted by atomic mass is 35.5. The molecule has 0 spiro atoms. The average molecular weight is 305 g/mol. The first-order chi connectivity index (χ1) is 10.1. The van der Waals surface area contributed by atoms with Crippen molar-refractivity contribution in [2.24, 2.45) is 0 Å². The molecular formula is C16H13ClO4. The lowest BCUT2D eigenvalue weighted by Crippen LogP contribution is -1.90. The van der Waals surface area contributed by atoms with Crippen LogP contribution < -0.4 is 4.74 Å². The molecule has 0 unspecified atom stereocenters. The van der Waals surface area contributed by atoms with E-state index < -0.39 is 5.97 Å². The lowest BCUT2D eigenvalue weighted by atomic mass is 10.2. The Balaban J connectivity index is 2.28. The van der Waals surface area contributed by atoms with Crippen molar-refractivity contribution >= 4 is 23.6 Å². The smallest absolute Gasteiger partial charge is 0.328 e. The molecule has 2 aromatic carbocycles. The second-order valence-electron chi connectivity index (χ2n) is 4.26. The molecule has 5 heteroatoms. The van der Waals surface area contributed by atoms with E-state index in [1.807, 2.05) is 0 Å². The average Bonchev–Trinajstić information content (AvgIpc) is 2.47. The van der Waals surface area contributed by atoms with Crippen molar-refractivity contribution in [3.8, 4) is 11.5 Å². The Hall–Kier alpha value is -2.30. The van der Waals surface area contributed by atoms with Crippen LogP contribution in [0.4, 0.5) is 0 Å². The van der Waals surface area contributed by atoms with Gasteiger partial charge >= 0.3 is 5.97 Å². The molecule has 108 valence electrons. The highest BCUT2D eigenvalue weighted by molar-refractivity contribution is 6.30. The number of rotatable bonds is 5. The van der Waals surface area contributed by atoms with E-state index in [4.69, 9.17) is 26.6 Å². The van der Waals surface area contributed by atoms with Gasteiger partial charge in [0.25, 0.3) is 0 Å². The number of halogens is 1. The van der Waals surface area contributed by atoms with Crippen LogP contribution in [0.2, 0.25) is 5.02 Å². The molecule has 2 rings (SSSR count). The van der Waals surface area contributed by atoms with Gasteiger partial charge in [0.05, 0.1) is 6.61 Å². The normalized spacial score (nSPS) is 10.8. The number of carboxylic acids is 1. The third kappa shape index (κ3) is 4.34. The van der Waals surface area contributed by atoms with E-state index in [0.717, 1.165) is 11.6 Å². The van der Waals surface area contributed by atoms with Crippen molar-refractivity contribution in [3.63, 3.8) is 0 Å².